The Kier molecular flexibility index (Phi) is 6.21. The van der Waals surface area contributed by atoms with E-state index in [0.717, 1.165) is 22.9 Å². The van der Waals surface area contributed by atoms with Crippen LogP contribution in [0.25, 0.3) is 0 Å². The Hall–Kier alpha value is -0.340. The summed E-state index contributed by atoms with van der Waals surface area (Å²) in [7, 11) is 0. The highest BCUT2D eigenvalue weighted by Gasteiger charge is 2.24. The fourth-order valence-corrected chi connectivity index (χ4v) is 2.82. The first-order valence-corrected chi connectivity index (χ1v) is 7.34. The average Bonchev–Trinajstić information content (AvgIpc) is 2.29. The molecule has 1 rings (SSSR count). The van der Waals surface area contributed by atoms with Gasteiger partial charge in [-0.2, -0.15) is 0 Å². The molecule has 1 nitrogen and oxygen atoms in total. The molecule has 2 heteroatoms. The van der Waals surface area contributed by atoms with Crippen LogP contribution < -0.4 is 0 Å². The molecule has 0 heterocycles. The molecule has 0 bridgehead atoms. The number of rotatable bonds is 7. The van der Waals surface area contributed by atoms with Gasteiger partial charge in [-0.3, -0.25) is 0 Å². The molecule has 0 aliphatic rings. The molecule has 0 aliphatic heterocycles. The van der Waals surface area contributed by atoms with Gasteiger partial charge in [-0.05, 0) is 25.0 Å². The third kappa shape index (κ3) is 4.81. The van der Waals surface area contributed by atoms with Crippen molar-refractivity contribution in [3.05, 3.63) is 34.3 Å². The van der Waals surface area contributed by atoms with Crippen molar-refractivity contribution in [1.29, 1.82) is 0 Å². The normalized spacial score (nSPS) is 14.6. The summed E-state index contributed by atoms with van der Waals surface area (Å²) in [6, 6.07) is 7.94. The molecular weight excluding hydrogens is 276 g/mol. The second kappa shape index (κ2) is 7.17. The zero-order valence-corrected chi connectivity index (χ0v) is 12.5. The van der Waals surface area contributed by atoms with Crippen molar-refractivity contribution in [3.8, 4) is 0 Å². The SMILES string of the molecule is CCCCCCCC(C)(O)c1ccccc1Br. The molecule has 0 aliphatic carbocycles. The van der Waals surface area contributed by atoms with Crippen LogP contribution in [0.2, 0.25) is 0 Å². The monoisotopic (exact) mass is 298 g/mol. The maximum atomic E-state index is 10.5. The van der Waals surface area contributed by atoms with Crippen molar-refractivity contribution in [2.45, 2.75) is 58.0 Å². The number of hydrogen-bond acceptors (Lipinski definition) is 1. The third-order valence-electron chi connectivity index (χ3n) is 3.22. The lowest BCUT2D eigenvalue weighted by Crippen LogP contribution is -2.21. The molecular formula is C15H23BrO. The van der Waals surface area contributed by atoms with Crippen molar-refractivity contribution in [1.82, 2.24) is 0 Å². The number of benzene rings is 1. The van der Waals surface area contributed by atoms with Crippen molar-refractivity contribution in [3.63, 3.8) is 0 Å². The van der Waals surface area contributed by atoms with Crippen molar-refractivity contribution in [2.24, 2.45) is 0 Å². The lowest BCUT2D eigenvalue weighted by molar-refractivity contribution is 0.0441. The van der Waals surface area contributed by atoms with Crippen LogP contribution in [0.3, 0.4) is 0 Å². The summed E-state index contributed by atoms with van der Waals surface area (Å²) in [5.41, 5.74) is 0.280. The van der Waals surface area contributed by atoms with Crippen LogP contribution in [0, 0.1) is 0 Å². The van der Waals surface area contributed by atoms with Crippen molar-refractivity contribution >= 4 is 15.9 Å². The molecule has 0 aromatic heterocycles. The predicted octanol–water partition coefficient (Wildman–Crippen LogP) is 5.02. The highest BCUT2D eigenvalue weighted by molar-refractivity contribution is 9.10. The van der Waals surface area contributed by atoms with Gasteiger partial charge < -0.3 is 5.11 Å². The topological polar surface area (TPSA) is 20.2 Å². The van der Waals surface area contributed by atoms with Crippen LogP contribution >= 0.6 is 15.9 Å². The standard InChI is InChI=1S/C15H23BrO/c1-3-4-5-6-9-12-15(2,17)13-10-7-8-11-14(13)16/h7-8,10-11,17H,3-6,9,12H2,1-2H3. The average molecular weight is 299 g/mol. The zero-order chi connectivity index (χ0) is 12.7. The van der Waals surface area contributed by atoms with Crippen LogP contribution in [-0.2, 0) is 5.60 Å². The van der Waals surface area contributed by atoms with Gasteiger partial charge in [0.2, 0.25) is 0 Å². The third-order valence-corrected chi connectivity index (χ3v) is 3.91. The highest BCUT2D eigenvalue weighted by atomic mass is 79.9. The van der Waals surface area contributed by atoms with Crippen LogP contribution in [0.1, 0.15) is 57.9 Å². The minimum absolute atomic E-state index is 0.716. The van der Waals surface area contributed by atoms with E-state index in [9.17, 15) is 5.11 Å². The van der Waals surface area contributed by atoms with Gasteiger partial charge in [-0.1, -0.05) is 73.2 Å². The maximum absolute atomic E-state index is 10.5. The lowest BCUT2D eigenvalue weighted by Gasteiger charge is -2.25. The fraction of sp³-hybridized carbons (Fsp3) is 0.600. The molecule has 96 valence electrons. The predicted molar refractivity (Wildman–Crippen MR) is 77.1 cm³/mol. The Balaban J connectivity index is 2.48. The Labute approximate surface area is 113 Å². The summed E-state index contributed by atoms with van der Waals surface area (Å²) in [5, 5.41) is 10.5. The summed E-state index contributed by atoms with van der Waals surface area (Å²) < 4.78 is 0.999. The van der Waals surface area contributed by atoms with Gasteiger partial charge in [-0.15, -0.1) is 0 Å². The van der Waals surface area contributed by atoms with Gasteiger partial charge in [0.25, 0.3) is 0 Å². The van der Waals surface area contributed by atoms with E-state index in [2.05, 4.69) is 22.9 Å². The van der Waals surface area contributed by atoms with Crippen molar-refractivity contribution in [2.75, 3.05) is 0 Å². The number of halogens is 1. The van der Waals surface area contributed by atoms with Gasteiger partial charge in [-0.25, -0.2) is 0 Å². The van der Waals surface area contributed by atoms with E-state index >= 15 is 0 Å². The maximum Gasteiger partial charge on any atom is 0.0879 e. The van der Waals surface area contributed by atoms with E-state index in [1.165, 1.54) is 25.7 Å². The quantitative estimate of drug-likeness (QED) is 0.701. The molecule has 17 heavy (non-hydrogen) atoms. The summed E-state index contributed by atoms with van der Waals surface area (Å²) in [6.07, 6.45) is 6.99. The van der Waals surface area contributed by atoms with Crippen LogP contribution in [-0.4, -0.2) is 5.11 Å². The summed E-state index contributed by atoms with van der Waals surface area (Å²) in [4.78, 5) is 0. The first kappa shape index (κ1) is 14.7. The van der Waals surface area contributed by atoms with Gasteiger partial charge in [0.05, 0.1) is 5.60 Å². The Morgan fingerprint density at radius 3 is 2.41 bits per heavy atom. The van der Waals surface area contributed by atoms with E-state index in [4.69, 9.17) is 0 Å². The van der Waals surface area contributed by atoms with E-state index in [0.29, 0.717) is 0 Å². The number of aliphatic hydroxyl groups is 1. The molecule has 0 saturated heterocycles. The molecule has 0 spiro atoms. The summed E-state index contributed by atoms with van der Waals surface area (Å²) in [5.74, 6) is 0. The molecule has 1 N–H and O–H groups in total. The summed E-state index contributed by atoms with van der Waals surface area (Å²) in [6.45, 7) is 4.13. The second-order valence-corrected chi connectivity index (χ2v) is 5.77. The molecule has 0 fully saturated rings. The highest BCUT2D eigenvalue weighted by Crippen LogP contribution is 2.32. The molecule has 1 unspecified atom stereocenters. The van der Waals surface area contributed by atoms with E-state index in [-0.39, 0.29) is 0 Å². The lowest BCUT2D eigenvalue weighted by atomic mass is 9.90. The van der Waals surface area contributed by atoms with E-state index in [1.54, 1.807) is 0 Å². The van der Waals surface area contributed by atoms with Gasteiger partial charge in [0.1, 0.15) is 0 Å². The molecule has 0 amide bonds. The molecule has 0 saturated carbocycles. The van der Waals surface area contributed by atoms with Gasteiger partial charge >= 0.3 is 0 Å². The molecule has 0 radical (unpaired) electrons. The van der Waals surface area contributed by atoms with Crippen molar-refractivity contribution < 1.29 is 5.11 Å². The zero-order valence-electron chi connectivity index (χ0n) is 10.9. The van der Waals surface area contributed by atoms with Crippen LogP contribution in [0.15, 0.2) is 28.7 Å². The summed E-state index contributed by atoms with van der Waals surface area (Å²) >= 11 is 3.51. The van der Waals surface area contributed by atoms with E-state index < -0.39 is 5.60 Å². The second-order valence-electron chi connectivity index (χ2n) is 4.92. The minimum Gasteiger partial charge on any atom is -0.385 e. The largest absolute Gasteiger partial charge is 0.385 e. The Morgan fingerprint density at radius 1 is 1.12 bits per heavy atom. The molecule has 1 aromatic rings. The number of unbranched alkanes of at least 4 members (excludes halogenated alkanes) is 4. The number of hydrogen-bond donors (Lipinski definition) is 1. The van der Waals surface area contributed by atoms with Crippen LogP contribution in [0.5, 0.6) is 0 Å². The molecule has 1 aromatic carbocycles. The smallest absolute Gasteiger partial charge is 0.0879 e. The van der Waals surface area contributed by atoms with Crippen LogP contribution in [0.4, 0.5) is 0 Å². The first-order valence-electron chi connectivity index (χ1n) is 6.55. The Bertz CT molecular complexity index is 333. The van der Waals surface area contributed by atoms with Gasteiger partial charge in [0.15, 0.2) is 0 Å². The van der Waals surface area contributed by atoms with Gasteiger partial charge in [0, 0.05) is 4.47 Å². The Morgan fingerprint density at radius 2 is 1.76 bits per heavy atom. The fourth-order valence-electron chi connectivity index (χ4n) is 2.11. The van der Waals surface area contributed by atoms with E-state index in [1.807, 2.05) is 31.2 Å². The molecule has 1 atom stereocenters. The first-order chi connectivity index (χ1) is 8.08. The minimum atomic E-state index is -0.716.